The fourth-order valence-electron chi connectivity index (χ4n) is 2.63. The van der Waals surface area contributed by atoms with E-state index in [9.17, 15) is 13.2 Å². The van der Waals surface area contributed by atoms with Crippen LogP contribution < -0.4 is 0 Å². The number of ether oxygens (including phenoxy) is 2. The molecule has 6 nitrogen and oxygen atoms in total. The zero-order valence-corrected chi connectivity index (χ0v) is 17.5. The van der Waals surface area contributed by atoms with Gasteiger partial charge in [0, 0.05) is 23.6 Å². The lowest BCUT2D eigenvalue weighted by atomic mass is 10.2. The quantitative estimate of drug-likeness (QED) is 0.483. The summed E-state index contributed by atoms with van der Waals surface area (Å²) in [5.41, 5.74) is 1.60. The van der Waals surface area contributed by atoms with Gasteiger partial charge < -0.3 is 9.47 Å². The van der Waals surface area contributed by atoms with Crippen molar-refractivity contribution in [3.05, 3.63) is 70.2 Å². The standard InChI is InChI=1S/C20H20BrNO5S/c21-18-6-1-17(2-7-18)15-27-20(23)10-5-16-3-8-19(9-4-16)28(24,25)22-11-13-26-14-12-22/h1-10H,11-15H2/b10-5+. The Kier molecular flexibility index (Phi) is 7.01. The van der Waals surface area contributed by atoms with Crippen LogP contribution in [0.3, 0.4) is 0 Å². The molecule has 0 amide bonds. The maximum Gasteiger partial charge on any atom is 0.331 e. The Balaban J connectivity index is 1.57. The highest BCUT2D eigenvalue weighted by Crippen LogP contribution is 2.18. The Morgan fingerprint density at radius 1 is 1.07 bits per heavy atom. The number of hydrogen-bond donors (Lipinski definition) is 0. The van der Waals surface area contributed by atoms with Crippen LogP contribution in [0.5, 0.6) is 0 Å². The molecule has 28 heavy (non-hydrogen) atoms. The molecule has 0 saturated carbocycles. The van der Waals surface area contributed by atoms with Crippen molar-refractivity contribution in [3.8, 4) is 0 Å². The average molecular weight is 466 g/mol. The SMILES string of the molecule is O=C(/C=C/c1ccc(S(=O)(=O)N2CCOCC2)cc1)OCc1ccc(Br)cc1. The monoisotopic (exact) mass is 465 g/mol. The maximum atomic E-state index is 12.6. The molecule has 0 aliphatic carbocycles. The van der Waals surface area contributed by atoms with E-state index >= 15 is 0 Å². The summed E-state index contributed by atoms with van der Waals surface area (Å²) in [5, 5.41) is 0. The molecule has 3 rings (SSSR count). The molecule has 2 aromatic carbocycles. The number of rotatable bonds is 6. The minimum Gasteiger partial charge on any atom is -0.458 e. The highest BCUT2D eigenvalue weighted by Gasteiger charge is 2.25. The second-order valence-electron chi connectivity index (χ2n) is 6.15. The predicted molar refractivity (Wildman–Crippen MR) is 109 cm³/mol. The third-order valence-corrected chi connectivity index (χ3v) is 6.64. The first-order chi connectivity index (χ1) is 13.4. The number of nitrogens with zero attached hydrogens (tertiary/aromatic N) is 1. The molecule has 2 aromatic rings. The molecule has 1 saturated heterocycles. The van der Waals surface area contributed by atoms with Crippen LogP contribution in [0.25, 0.3) is 6.08 Å². The molecule has 0 radical (unpaired) electrons. The van der Waals surface area contributed by atoms with Gasteiger partial charge in [-0.2, -0.15) is 4.31 Å². The van der Waals surface area contributed by atoms with Crippen LogP contribution in [-0.2, 0) is 30.9 Å². The number of halogens is 1. The van der Waals surface area contributed by atoms with Gasteiger partial charge >= 0.3 is 5.97 Å². The summed E-state index contributed by atoms with van der Waals surface area (Å²) in [5.74, 6) is -0.465. The van der Waals surface area contributed by atoms with E-state index in [1.807, 2.05) is 24.3 Å². The first-order valence-corrected chi connectivity index (χ1v) is 11.0. The summed E-state index contributed by atoms with van der Waals surface area (Å²) >= 11 is 3.35. The van der Waals surface area contributed by atoms with Crippen molar-refractivity contribution in [2.24, 2.45) is 0 Å². The van der Waals surface area contributed by atoms with Crippen LogP contribution in [0.4, 0.5) is 0 Å². The van der Waals surface area contributed by atoms with E-state index in [4.69, 9.17) is 9.47 Å². The van der Waals surface area contributed by atoms with Crippen LogP contribution in [0.1, 0.15) is 11.1 Å². The molecule has 1 heterocycles. The molecule has 1 aliphatic rings. The third kappa shape index (κ3) is 5.51. The van der Waals surface area contributed by atoms with Gasteiger partial charge in [0.25, 0.3) is 0 Å². The summed E-state index contributed by atoms with van der Waals surface area (Å²) in [7, 11) is -3.52. The zero-order chi connectivity index (χ0) is 20.0. The Morgan fingerprint density at radius 3 is 2.36 bits per heavy atom. The minimum atomic E-state index is -3.52. The summed E-state index contributed by atoms with van der Waals surface area (Å²) in [6.07, 6.45) is 2.92. The summed E-state index contributed by atoms with van der Waals surface area (Å²) in [6, 6.07) is 13.9. The van der Waals surface area contributed by atoms with Crippen molar-refractivity contribution in [2.75, 3.05) is 26.3 Å². The number of carbonyl (C=O) groups excluding carboxylic acids is 1. The zero-order valence-electron chi connectivity index (χ0n) is 15.1. The van der Waals surface area contributed by atoms with Gasteiger partial charge in [-0.05, 0) is 41.5 Å². The fraction of sp³-hybridized carbons (Fsp3) is 0.250. The van der Waals surface area contributed by atoms with Crippen molar-refractivity contribution in [2.45, 2.75) is 11.5 Å². The number of esters is 1. The lowest BCUT2D eigenvalue weighted by Crippen LogP contribution is -2.40. The molecular weight excluding hydrogens is 446 g/mol. The van der Waals surface area contributed by atoms with Crippen molar-refractivity contribution in [1.82, 2.24) is 4.31 Å². The van der Waals surface area contributed by atoms with Gasteiger partial charge in [-0.3, -0.25) is 0 Å². The van der Waals surface area contributed by atoms with Gasteiger partial charge in [0.2, 0.25) is 10.0 Å². The number of hydrogen-bond acceptors (Lipinski definition) is 5. The van der Waals surface area contributed by atoms with Gasteiger partial charge in [0.05, 0.1) is 18.1 Å². The van der Waals surface area contributed by atoms with E-state index in [0.717, 1.165) is 10.0 Å². The lowest BCUT2D eigenvalue weighted by Gasteiger charge is -2.26. The average Bonchev–Trinajstić information content (AvgIpc) is 2.73. The van der Waals surface area contributed by atoms with Gasteiger partial charge in [-0.15, -0.1) is 0 Å². The van der Waals surface area contributed by atoms with E-state index in [2.05, 4.69) is 15.9 Å². The summed E-state index contributed by atoms with van der Waals surface area (Å²) in [6.45, 7) is 1.71. The van der Waals surface area contributed by atoms with E-state index in [0.29, 0.717) is 31.9 Å². The largest absolute Gasteiger partial charge is 0.458 e. The maximum absolute atomic E-state index is 12.6. The van der Waals surface area contributed by atoms with Gasteiger partial charge in [0.1, 0.15) is 6.61 Å². The second kappa shape index (κ2) is 9.47. The summed E-state index contributed by atoms with van der Waals surface area (Å²) < 4.78 is 37.9. The van der Waals surface area contributed by atoms with Crippen LogP contribution in [0, 0.1) is 0 Å². The summed E-state index contributed by atoms with van der Waals surface area (Å²) in [4.78, 5) is 12.1. The molecule has 0 aromatic heterocycles. The number of carbonyl (C=O) groups is 1. The lowest BCUT2D eigenvalue weighted by molar-refractivity contribution is -0.138. The topological polar surface area (TPSA) is 72.9 Å². The van der Waals surface area contributed by atoms with Gasteiger partial charge in [-0.1, -0.05) is 40.2 Å². The van der Waals surface area contributed by atoms with Crippen LogP contribution in [0.15, 0.2) is 64.0 Å². The van der Waals surface area contributed by atoms with Gasteiger partial charge in [0.15, 0.2) is 0 Å². The first kappa shape index (κ1) is 20.7. The number of morpholine rings is 1. The van der Waals surface area contributed by atoms with Crippen molar-refractivity contribution in [1.29, 1.82) is 0 Å². The molecule has 0 bridgehead atoms. The molecule has 0 spiro atoms. The van der Waals surface area contributed by atoms with Crippen molar-refractivity contribution >= 4 is 38.0 Å². The van der Waals surface area contributed by atoms with E-state index < -0.39 is 16.0 Å². The second-order valence-corrected chi connectivity index (χ2v) is 9.01. The van der Waals surface area contributed by atoms with Crippen LogP contribution in [-0.4, -0.2) is 45.0 Å². The molecule has 1 fully saturated rings. The predicted octanol–water partition coefficient (Wildman–Crippen LogP) is 3.23. The number of benzene rings is 2. The smallest absolute Gasteiger partial charge is 0.331 e. The molecule has 0 unspecified atom stereocenters. The number of sulfonamides is 1. The fourth-order valence-corrected chi connectivity index (χ4v) is 4.31. The van der Waals surface area contributed by atoms with Gasteiger partial charge in [-0.25, -0.2) is 13.2 Å². The van der Waals surface area contributed by atoms with E-state index in [1.54, 1.807) is 18.2 Å². The van der Waals surface area contributed by atoms with Crippen molar-refractivity contribution in [3.63, 3.8) is 0 Å². The van der Waals surface area contributed by atoms with Crippen LogP contribution in [0.2, 0.25) is 0 Å². The minimum absolute atomic E-state index is 0.188. The first-order valence-electron chi connectivity index (χ1n) is 8.72. The third-order valence-electron chi connectivity index (χ3n) is 4.19. The highest BCUT2D eigenvalue weighted by molar-refractivity contribution is 9.10. The molecule has 148 valence electrons. The van der Waals surface area contributed by atoms with Crippen LogP contribution >= 0.6 is 15.9 Å². The Hall–Kier alpha value is -2.00. The molecular formula is C20H20BrNO5S. The molecule has 0 atom stereocenters. The Morgan fingerprint density at radius 2 is 1.71 bits per heavy atom. The highest BCUT2D eigenvalue weighted by atomic mass is 79.9. The normalized spacial score (nSPS) is 15.6. The Labute approximate surface area is 172 Å². The van der Waals surface area contributed by atoms with E-state index in [1.165, 1.54) is 22.5 Å². The Bertz CT molecular complexity index is 934. The molecule has 1 aliphatic heterocycles. The molecule has 8 heteroatoms. The van der Waals surface area contributed by atoms with Crippen molar-refractivity contribution < 1.29 is 22.7 Å². The molecule has 0 N–H and O–H groups in total. The van der Waals surface area contributed by atoms with E-state index in [-0.39, 0.29) is 11.5 Å².